The maximum absolute atomic E-state index is 13.8. The summed E-state index contributed by atoms with van der Waals surface area (Å²) >= 11 is 0. The fourth-order valence-electron chi connectivity index (χ4n) is 4.24. The van der Waals surface area contributed by atoms with Gasteiger partial charge in [0, 0.05) is 16.8 Å². The van der Waals surface area contributed by atoms with Crippen LogP contribution in [0.15, 0.2) is 83.0 Å². The van der Waals surface area contributed by atoms with Crippen molar-refractivity contribution < 1.29 is 22.8 Å². The molecule has 1 aliphatic rings. The molecule has 1 aliphatic heterocycles. The molecule has 1 unspecified atom stereocenters. The fraction of sp³-hybridized carbons (Fsp3) is 0.148. The Labute approximate surface area is 206 Å². The summed E-state index contributed by atoms with van der Waals surface area (Å²) in [7, 11) is 1.57. The summed E-state index contributed by atoms with van der Waals surface area (Å²) in [5, 5.41) is 7.01. The van der Waals surface area contributed by atoms with Crippen LogP contribution in [0, 0.1) is 11.6 Å². The summed E-state index contributed by atoms with van der Waals surface area (Å²) in [5.41, 5.74) is 3.02. The van der Waals surface area contributed by atoms with Crippen LogP contribution in [0.5, 0.6) is 5.75 Å². The van der Waals surface area contributed by atoms with E-state index < -0.39 is 17.7 Å². The minimum atomic E-state index is -0.673. The molecule has 0 saturated heterocycles. The Kier molecular flexibility index (Phi) is 6.20. The molecule has 2 heterocycles. The Bertz CT molecular complexity index is 1450. The molecular formula is C27H22F2N4O3. The molecule has 5 rings (SSSR count). The molecule has 0 saturated carbocycles. The smallest absolute Gasteiger partial charge is 0.322 e. The van der Waals surface area contributed by atoms with Crippen molar-refractivity contribution in [1.82, 2.24) is 20.4 Å². The molecule has 7 nitrogen and oxygen atoms in total. The summed E-state index contributed by atoms with van der Waals surface area (Å²) in [4.78, 5) is 19.3. The summed E-state index contributed by atoms with van der Waals surface area (Å²) in [6.07, 6.45) is 0. The minimum absolute atomic E-state index is 0.158. The highest BCUT2D eigenvalue weighted by Gasteiger charge is 2.36. The molecular weight excluding hydrogens is 466 g/mol. The van der Waals surface area contributed by atoms with Gasteiger partial charge in [-0.05, 0) is 42.8 Å². The lowest BCUT2D eigenvalue weighted by atomic mass is 9.94. The second-order valence-corrected chi connectivity index (χ2v) is 8.26. The summed E-state index contributed by atoms with van der Waals surface area (Å²) in [6.45, 7) is 2.01. The van der Waals surface area contributed by atoms with E-state index >= 15 is 0 Å². The van der Waals surface area contributed by atoms with Crippen molar-refractivity contribution in [3.8, 4) is 17.1 Å². The number of nitrogens with zero attached hydrogens (tertiary/aromatic N) is 3. The summed E-state index contributed by atoms with van der Waals surface area (Å²) in [5.74, 6) is 0.187. The Morgan fingerprint density at radius 3 is 2.56 bits per heavy atom. The number of benzene rings is 3. The SMILES string of the molecule is COc1ccccc1CN1C(=O)NC(c2ccc(F)cc2)C(c2nc(-c3cccc(F)c3)no2)=C1C. The van der Waals surface area contributed by atoms with Gasteiger partial charge in [0.2, 0.25) is 5.82 Å². The third-order valence-electron chi connectivity index (χ3n) is 6.06. The number of allylic oxidation sites excluding steroid dienone is 1. The van der Waals surface area contributed by atoms with Crippen LogP contribution in [-0.4, -0.2) is 28.2 Å². The molecule has 4 aromatic rings. The van der Waals surface area contributed by atoms with Crippen LogP contribution in [0.4, 0.5) is 13.6 Å². The molecule has 1 aromatic heterocycles. The third-order valence-corrected chi connectivity index (χ3v) is 6.06. The van der Waals surface area contributed by atoms with Crippen LogP contribution < -0.4 is 10.1 Å². The fourth-order valence-corrected chi connectivity index (χ4v) is 4.24. The van der Waals surface area contributed by atoms with Crippen molar-refractivity contribution in [1.29, 1.82) is 0 Å². The summed E-state index contributed by atoms with van der Waals surface area (Å²) in [6, 6.07) is 18.1. The zero-order valence-electron chi connectivity index (χ0n) is 19.5. The van der Waals surface area contributed by atoms with E-state index in [4.69, 9.17) is 9.26 Å². The monoisotopic (exact) mass is 488 g/mol. The quantitative estimate of drug-likeness (QED) is 0.375. The van der Waals surface area contributed by atoms with Crippen LogP contribution in [-0.2, 0) is 6.54 Å². The second kappa shape index (κ2) is 9.61. The summed E-state index contributed by atoms with van der Waals surface area (Å²) < 4.78 is 38.5. The van der Waals surface area contributed by atoms with Gasteiger partial charge in [-0.25, -0.2) is 13.6 Å². The predicted octanol–water partition coefficient (Wildman–Crippen LogP) is 5.72. The van der Waals surface area contributed by atoms with Crippen LogP contribution in [0.25, 0.3) is 17.0 Å². The highest BCUT2D eigenvalue weighted by atomic mass is 19.1. The number of carbonyl (C=O) groups excluding carboxylic acids is 1. The molecule has 0 spiro atoms. The van der Waals surface area contributed by atoms with E-state index in [-0.39, 0.29) is 24.3 Å². The van der Waals surface area contributed by atoms with Gasteiger partial charge in [-0.3, -0.25) is 4.90 Å². The predicted molar refractivity (Wildman–Crippen MR) is 128 cm³/mol. The van der Waals surface area contributed by atoms with E-state index in [1.807, 2.05) is 24.3 Å². The number of urea groups is 1. The molecule has 0 aliphatic carbocycles. The number of hydrogen-bond donors (Lipinski definition) is 1. The molecule has 3 aromatic carbocycles. The van der Waals surface area contributed by atoms with Gasteiger partial charge in [0.15, 0.2) is 0 Å². The van der Waals surface area contributed by atoms with Crippen molar-refractivity contribution >= 4 is 11.6 Å². The lowest BCUT2D eigenvalue weighted by molar-refractivity contribution is 0.202. The lowest BCUT2D eigenvalue weighted by Crippen LogP contribution is -2.45. The lowest BCUT2D eigenvalue weighted by Gasteiger charge is -2.35. The van der Waals surface area contributed by atoms with E-state index in [0.29, 0.717) is 28.1 Å². The van der Waals surface area contributed by atoms with Gasteiger partial charge in [0.05, 0.1) is 25.3 Å². The van der Waals surface area contributed by atoms with Gasteiger partial charge in [-0.15, -0.1) is 0 Å². The first-order valence-corrected chi connectivity index (χ1v) is 11.2. The number of carbonyl (C=O) groups is 1. The van der Waals surface area contributed by atoms with Gasteiger partial charge in [0.25, 0.3) is 5.89 Å². The largest absolute Gasteiger partial charge is 0.496 e. The number of hydrogen-bond acceptors (Lipinski definition) is 5. The van der Waals surface area contributed by atoms with Crippen LogP contribution >= 0.6 is 0 Å². The first kappa shape index (κ1) is 23.2. The Morgan fingerprint density at radius 1 is 1.03 bits per heavy atom. The van der Waals surface area contributed by atoms with E-state index in [1.54, 1.807) is 43.2 Å². The molecule has 182 valence electrons. The average molecular weight is 488 g/mol. The highest BCUT2D eigenvalue weighted by Crippen LogP contribution is 2.38. The normalized spacial score (nSPS) is 15.7. The van der Waals surface area contributed by atoms with Gasteiger partial charge < -0.3 is 14.6 Å². The first-order chi connectivity index (χ1) is 17.4. The Hall–Kier alpha value is -4.53. The number of nitrogens with one attached hydrogen (secondary N) is 1. The molecule has 0 radical (unpaired) electrons. The molecule has 1 N–H and O–H groups in total. The van der Waals surface area contributed by atoms with E-state index in [1.165, 1.54) is 24.3 Å². The molecule has 36 heavy (non-hydrogen) atoms. The average Bonchev–Trinajstić information content (AvgIpc) is 3.37. The molecule has 0 bridgehead atoms. The molecule has 2 amide bonds. The van der Waals surface area contributed by atoms with Gasteiger partial charge in [0.1, 0.15) is 17.4 Å². The number of halogens is 2. The van der Waals surface area contributed by atoms with Gasteiger partial charge >= 0.3 is 6.03 Å². The van der Waals surface area contributed by atoms with E-state index in [9.17, 15) is 13.6 Å². The standard InChI is InChI=1S/C27H22F2N4O3/c1-16-23(26-31-25(32-36-26)18-7-5-8-21(29)14-18)24(17-10-12-20(28)13-11-17)30-27(34)33(16)15-19-6-3-4-9-22(19)35-2/h3-14,24H,15H2,1-2H3,(H,30,34). The van der Waals surface area contributed by atoms with E-state index in [0.717, 1.165) is 5.56 Å². The number of ether oxygens (including phenoxy) is 1. The maximum Gasteiger partial charge on any atom is 0.322 e. The zero-order valence-corrected chi connectivity index (χ0v) is 19.5. The Morgan fingerprint density at radius 2 is 1.81 bits per heavy atom. The maximum atomic E-state index is 13.8. The molecule has 0 fully saturated rings. The van der Waals surface area contributed by atoms with Crippen molar-refractivity contribution in [2.45, 2.75) is 19.5 Å². The number of para-hydroxylation sites is 1. The van der Waals surface area contributed by atoms with Crippen LogP contribution in [0.1, 0.15) is 30.0 Å². The first-order valence-electron chi connectivity index (χ1n) is 11.2. The highest BCUT2D eigenvalue weighted by molar-refractivity contribution is 5.87. The zero-order chi connectivity index (χ0) is 25.2. The minimum Gasteiger partial charge on any atom is -0.496 e. The van der Waals surface area contributed by atoms with Crippen molar-refractivity contribution in [2.75, 3.05) is 7.11 Å². The van der Waals surface area contributed by atoms with Gasteiger partial charge in [-0.1, -0.05) is 47.6 Å². The topological polar surface area (TPSA) is 80.5 Å². The number of amides is 2. The van der Waals surface area contributed by atoms with Gasteiger partial charge in [-0.2, -0.15) is 4.98 Å². The van der Waals surface area contributed by atoms with Crippen LogP contribution in [0.3, 0.4) is 0 Å². The van der Waals surface area contributed by atoms with Crippen molar-refractivity contribution in [3.63, 3.8) is 0 Å². The second-order valence-electron chi connectivity index (χ2n) is 8.26. The van der Waals surface area contributed by atoms with Crippen LogP contribution in [0.2, 0.25) is 0 Å². The van der Waals surface area contributed by atoms with Crippen molar-refractivity contribution in [3.05, 3.63) is 107 Å². The van der Waals surface area contributed by atoms with Crippen molar-refractivity contribution in [2.24, 2.45) is 0 Å². The number of aromatic nitrogens is 2. The van der Waals surface area contributed by atoms with E-state index in [2.05, 4.69) is 15.5 Å². The molecule has 1 atom stereocenters. The number of rotatable bonds is 6. The molecule has 9 heteroatoms. The third kappa shape index (κ3) is 4.43. The Balaban J connectivity index is 1.61. The number of methoxy groups -OCH3 is 1.